The molecule has 0 aromatic carbocycles. The van der Waals surface area contributed by atoms with E-state index in [0.717, 1.165) is 56.5 Å². The van der Waals surface area contributed by atoms with Crippen LogP contribution in [0.4, 0.5) is 5.82 Å². The second kappa shape index (κ2) is 8.17. The summed E-state index contributed by atoms with van der Waals surface area (Å²) in [4.78, 5) is 15.5. The molecule has 0 bridgehead atoms. The third kappa shape index (κ3) is 4.07. The number of morpholine rings is 1. The zero-order chi connectivity index (χ0) is 16.8. The van der Waals surface area contributed by atoms with Gasteiger partial charge in [-0.05, 0) is 31.0 Å². The van der Waals surface area contributed by atoms with E-state index in [-0.39, 0.29) is 6.04 Å². The molecule has 1 unspecified atom stereocenters. The molecule has 6 nitrogen and oxygen atoms in total. The number of nitrogens with zero attached hydrogens (tertiary/aromatic N) is 4. The average molecular weight is 327 g/mol. The molecule has 3 heterocycles. The van der Waals surface area contributed by atoms with Crippen LogP contribution < -0.4 is 5.32 Å². The molecule has 128 valence electrons. The Hall–Kier alpha value is -2.05. The quantitative estimate of drug-likeness (QED) is 0.878. The standard InChI is InChI=1S/C18H25N5O/c1-3-15-12-20-14(2)22-18(15)21-13-17(16-4-6-19-7-5-16)23-8-10-24-11-9-23/h4-7,12,17H,3,8-11,13H2,1-2H3,(H,20,21,22). The van der Waals surface area contributed by atoms with Crippen molar-refractivity contribution in [2.24, 2.45) is 0 Å². The Bertz CT molecular complexity index is 643. The van der Waals surface area contributed by atoms with Crippen LogP contribution in [-0.2, 0) is 11.2 Å². The molecular weight excluding hydrogens is 302 g/mol. The highest BCUT2D eigenvalue weighted by Gasteiger charge is 2.23. The topological polar surface area (TPSA) is 63.2 Å². The number of aromatic nitrogens is 3. The van der Waals surface area contributed by atoms with Gasteiger partial charge in [-0.15, -0.1) is 0 Å². The van der Waals surface area contributed by atoms with E-state index in [1.54, 1.807) is 0 Å². The van der Waals surface area contributed by atoms with E-state index in [4.69, 9.17) is 4.74 Å². The molecular formula is C18H25N5O. The van der Waals surface area contributed by atoms with Gasteiger partial charge in [0.05, 0.1) is 19.3 Å². The first-order valence-electron chi connectivity index (χ1n) is 8.56. The molecule has 1 fully saturated rings. The van der Waals surface area contributed by atoms with Crippen molar-refractivity contribution in [1.82, 2.24) is 19.9 Å². The summed E-state index contributed by atoms with van der Waals surface area (Å²) in [6.07, 6.45) is 6.55. The fourth-order valence-electron chi connectivity index (χ4n) is 3.03. The van der Waals surface area contributed by atoms with Crippen molar-refractivity contribution in [3.63, 3.8) is 0 Å². The summed E-state index contributed by atoms with van der Waals surface area (Å²) >= 11 is 0. The first-order valence-corrected chi connectivity index (χ1v) is 8.56. The number of nitrogens with one attached hydrogen (secondary N) is 1. The van der Waals surface area contributed by atoms with Crippen LogP contribution in [0.25, 0.3) is 0 Å². The Morgan fingerprint density at radius 1 is 1.25 bits per heavy atom. The molecule has 1 aliphatic heterocycles. The van der Waals surface area contributed by atoms with E-state index in [2.05, 4.69) is 44.2 Å². The van der Waals surface area contributed by atoms with E-state index in [0.29, 0.717) is 0 Å². The van der Waals surface area contributed by atoms with Gasteiger partial charge in [0.15, 0.2) is 0 Å². The third-order valence-corrected chi connectivity index (χ3v) is 4.41. The lowest BCUT2D eigenvalue weighted by molar-refractivity contribution is 0.0187. The number of anilines is 1. The van der Waals surface area contributed by atoms with Crippen LogP contribution in [0.1, 0.15) is 29.9 Å². The van der Waals surface area contributed by atoms with E-state index < -0.39 is 0 Å². The SMILES string of the molecule is CCc1cnc(C)nc1NCC(c1ccncc1)N1CCOCC1. The van der Waals surface area contributed by atoms with Gasteiger partial charge in [0, 0.05) is 43.8 Å². The second-order valence-corrected chi connectivity index (χ2v) is 5.97. The minimum absolute atomic E-state index is 0.275. The van der Waals surface area contributed by atoms with Crippen molar-refractivity contribution < 1.29 is 4.74 Å². The van der Waals surface area contributed by atoms with Gasteiger partial charge in [-0.1, -0.05) is 6.92 Å². The second-order valence-electron chi connectivity index (χ2n) is 5.97. The lowest BCUT2D eigenvalue weighted by Crippen LogP contribution is -2.41. The molecule has 1 atom stereocenters. The summed E-state index contributed by atoms with van der Waals surface area (Å²) in [5.41, 5.74) is 2.42. The maximum Gasteiger partial charge on any atom is 0.132 e. The van der Waals surface area contributed by atoms with Crippen molar-refractivity contribution in [3.05, 3.63) is 47.7 Å². The molecule has 0 saturated carbocycles. The van der Waals surface area contributed by atoms with Crippen molar-refractivity contribution in [3.8, 4) is 0 Å². The summed E-state index contributed by atoms with van der Waals surface area (Å²) in [5.74, 6) is 1.74. The lowest BCUT2D eigenvalue weighted by atomic mass is 10.1. The minimum atomic E-state index is 0.275. The summed E-state index contributed by atoms with van der Waals surface area (Å²) in [7, 11) is 0. The Labute approximate surface area is 143 Å². The van der Waals surface area contributed by atoms with Gasteiger partial charge >= 0.3 is 0 Å². The molecule has 1 aliphatic rings. The van der Waals surface area contributed by atoms with E-state index in [1.807, 2.05) is 25.5 Å². The number of ether oxygens (including phenoxy) is 1. The molecule has 2 aromatic rings. The monoisotopic (exact) mass is 327 g/mol. The number of hydrogen-bond acceptors (Lipinski definition) is 6. The third-order valence-electron chi connectivity index (χ3n) is 4.41. The normalized spacial score (nSPS) is 16.8. The Balaban J connectivity index is 1.78. The zero-order valence-electron chi connectivity index (χ0n) is 14.4. The zero-order valence-corrected chi connectivity index (χ0v) is 14.4. The molecule has 24 heavy (non-hydrogen) atoms. The molecule has 2 aromatic heterocycles. The fraction of sp³-hybridized carbons (Fsp3) is 0.500. The Morgan fingerprint density at radius 3 is 2.71 bits per heavy atom. The highest BCUT2D eigenvalue weighted by Crippen LogP contribution is 2.23. The van der Waals surface area contributed by atoms with Gasteiger partial charge in [-0.2, -0.15) is 0 Å². The largest absolute Gasteiger partial charge is 0.379 e. The smallest absolute Gasteiger partial charge is 0.132 e. The highest BCUT2D eigenvalue weighted by molar-refractivity contribution is 5.43. The first-order chi connectivity index (χ1) is 11.8. The molecule has 3 rings (SSSR count). The van der Waals surface area contributed by atoms with Gasteiger partial charge in [0.25, 0.3) is 0 Å². The molecule has 0 amide bonds. The highest BCUT2D eigenvalue weighted by atomic mass is 16.5. The van der Waals surface area contributed by atoms with E-state index >= 15 is 0 Å². The molecule has 0 aliphatic carbocycles. The van der Waals surface area contributed by atoms with Crippen LogP contribution in [-0.4, -0.2) is 52.7 Å². The number of hydrogen-bond donors (Lipinski definition) is 1. The van der Waals surface area contributed by atoms with Gasteiger partial charge in [0.1, 0.15) is 11.6 Å². The van der Waals surface area contributed by atoms with Crippen LogP contribution in [0.2, 0.25) is 0 Å². The maximum absolute atomic E-state index is 5.51. The van der Waals surface area contributed by atoms with Crippen LogP contribution in [0.3, 0.4) is 0 Å². The van der Waals surface area contributed by atoms with Crippen molar-refractivity contribution in [1.29, 1.82) is 0 Å². The fourth-order valence-corrected chi connectivity index (χ4v) is 3.03. The Kier molecular flexibility index (Phi) is 5.72. The molecule has 6 heteroatoms. The lowest BCUT2D eigenvalue weighted by Gasteiger charge is -2.35. The summed E-state index contributed by atoms with van der Waals surface area (Å²) in [6.45, 7) is 8.31. The number of pyridine rings is 1. The Morgan fingerprint density at radius 2 is 2.00 bits per heavy atom. The van der Waals surface area contributed by atoms with Crippen LogP contribution in [0.15, 0.2) is 30.7 Å². The van der Waals surface area contributed by atoms with Gasteiger partial charge in [-0.3, -0.25) is 9.88 Å². The molecule has 0 spiro atoms. The molecule has 0 radical (unpaired) electrons. The van der Waals surface area contributed by atoms with Crippen LogP contribution >= 0.6 is 0 Å². The number of rotatable bonds is 6. The van der Waals surface area contributed by atoms with Gasteiger partial charge in [0.2, 0.25) is 0 Å². The number of aryl methyl sites for hydroxylation is 2. The van der Waals surface area contributed by atoms with Crippen LogP contribution in [0.5, 0.6) is 0 Å². The predicted octanol–water partition coefficient (Wildman–Crippen LogP) is 2.23. The van der Waals surface area contributed by atoms with E-state index in [1.165, 1.54) is 5.56 Å². The van der Waals surface area contributed by atoms with Crippen molar-refractivity contribution in [2.45, 2.75) is 26.3 Å². The summed E-state index contributed by atoms with van der Waals surface area (Å²) in [5, 5.41) is 3.55. The molecule has 1 saturated heterocycles. The average Bonchev–Trinajstić information content (AvgIpc) is 2.64. The van der Waals surface area contributed by atoms with Crippen molar-refractivity contribution in [2.75, 3.05) is 38.2 Å². The summed E-state index contributed by atoms with van der Waals surface area (Å²) < 4.78 is 5.51. The van der Waals surface area contributed by atoms with Gasteiger partial charge < -0.3 is 10.1 Å². The maximum atomic E-state index is 5.51. The van der Waals surface area contributed by atoms with E-state index in [9.17, 15) is 0 Å². The minimum Gasteiger partial charge on any atom is -0.379 e. The van der Waals surface area contributed by atoms with Crippen LogP contribution in [0, 0.1) is 6.92 Å². The van der Waals surface area contributed by atoms with Crippen molar-refractivity contribution >= 4 is 5.82 Å². The van der Waals surface area contributed by atoms with Gasteiger partial charge in [-0.25, -0.2) is 9.97 Å². The summed E-state index contributed by atoms with van der Waals surface area (Å²) in [6, 6.07) is 4.46. The predicted molar refractivity (Wildman–Crippen MR) is 94.0 cm³/mol. The molecule has 1 N–H and O–H groups in total. The first kappa shape index (κ1) is 16.8.